The molecule has 4 rings (SSSR count). The van der Waals surface area contributed by atoms with E-state index in [2.05, 4.69) is 0 Å². The van der Waals surface area contributed by atoms with E-state index in [4.69, 9.17) is 21.1 Å². The monoisotopic (exact) mass is 501 g/mol. The lowest BCUT2D eigenvalue weighted by Gasteiger charge is -2.15. The molecule has 0 unspecified atom stereocenters. The van der Waals surface area contributed by atoms with Crippen LogP contribution in [0.4, 0.5) is 13.6 Å². The molecular weight excluding hydrogens is 484 g/mol. The van der Waals surface area contributed by atoms with E-state index in [1.54, 1.807) is 30.3 Å². The number of para-hydroxylation sites is 1. The van der Waals surface area contributed by atoms with Crippen molar-refractivity contribution in [1.29, 1.82) is 0 Å². The molecule has 0 spiro atoms. The summed E-state index contributed by atoms with van der Waals surface area (Å²) in [5.74, 6) is -0.958. The predicted octanol–water partition coefficient (Wildman–Crippen LogP) is 6.44. The fourth-order valence-electron chi connectivity index (χ4n) is 3.35. The van der Waals surface area contributed by atoms with Crippen LogP contribution in [0.1, 0.15) is 16.7 Å². The number of benzene rings is 3. The van der Waals surface area contributed by atoms with Gasteiger partial charge in [0.2, 0.25) is 0 Å². The number of ether oxygens (including phenoxy) is 2. The van der Waals surface area contributed by atoms with Crippen LogP contribution in [0.2, 0.25) is 5.02 Å². The van der Waals surface area contributed by atoms with E-state index < -0.39 is 22.8 Å². The molecule has 1 fully saturated rings. The standard InChI is InChI=1S/C25H18ClF2NO4S/c1-32-21-11-4-7-15(23(21)33-14-17-18(26)8-5-10-20(17)28)12-22-24(30)29(25(31)34-22)13-16-6-2-3-9-19(16)27/h2-12H,13-14H2,1H3/b22-12-. The summed E-state index contributed by atoms with van der Waals surface area (Å²) in [4.78, 5) is 26.5. The van der Waals surface area contributed by atoms with E-state index in [0.29, 0.717) is 11.3 Å². The molecule has 5 nitrogen and oxygen atoms in total. The fraction of sp³-hybridized carbons (Fsp3) is 0.120. The van der Waals surface area contributed by atoms with Crippen molar-refractivity contribution in [2.24, 2.45) is 0 Å². The molecule has 0 aromatic heterocycles. The quantitative estimate of drug-likeness (QED) is 0.349. The zero-order valence-electron chi connectivity index (χ0n) is 17.9. The average molecular weight is 502 g/mol. The van der Waals surface area contributed by atoms with E-state index >= 15 is 0 Å². The van der Waals surface area contributed by atoms with Crippen molar-refractivity contribution in [1.82, 2.24) is 4.90 Å². The lowest BCUT2D eigenvalue weighted by Crippen LogP contribution is -2.27. The first kappa shape index (κ1) is 23.8. The van der Waals surface area contributed by atoms with Gasteiger partial charge in [-0.3, -0.25) is 14.5 Å². The van der Waals surface area contributed by atoms with E-state index in [-0.39, 0.29) is 40.0 Å². The van der Waals surface area contributed by atoms with Gasteiger partial charge in [0.1, 0.15) is 18.2 Å². The first-order valence-electron chi connectivity index (χ1n) is 10.1. The number of hydrogen-bond donors (Lipinski definition) is 0. The number of hydrogen-bond acceptors (Lipinski definition) is 5. The van der Waals surface area contributed by atoms with Gasteiger partial charge >= 0.3 is 0 Å². The Labute approximate surface area is 203 Å². The number of halogens is 3. The molecule has 3 aromatic carbocycles. The van der Waals surface area contributed by atoms with E-state index in [9.17, 15) is 18.4 Å². The summed E-state index contributed by atoms with van der Waals surface area (Å²) >= 11 is 6.84. The first-order valence-corrected chi connectivity index (χ1v) is 11.3. The van der Waals surface area contributed by atoms with Gasteiger partial charge < -0.3 is 9.47 Å². The van der Waals surface area contributed by atoms with Crippen molar-refractivity contribution in [3.63, 3.8) is 0 Å². The Balaban J connectivity index is 1.62. The molecule has 0 radical (unpaired) electrons. The second-order valence-electron chi connectivity index (χ2n) is 7.23. The van der Waals surface area contributed by atoms with Crippen LogP contribution in [-0.4, -0.2) is 23.2 Å². The molecule has 34 heavy (non-hydrogen) atoms. The molecule has 1 heterocycles. The highest BCUT2D eigenvalue weighted by atomic mass is 35.5. The summed E-state index contributed by atoms with van der Waals surface area (Å²) < 4.78 is 39.4. The number of carbonyl (C=O) groups is 2. The minimum atomic E-state index is -0.552. The highest BCUT2D eigenvalue weighted by Gasteiger charge is 2.35. The Morgan fingerprint density at radius 3 is 2.47 bits per heavy atom. The average Bonchev–Trinajstić information content (AvgIpc) is 3.08. The highest BCUT2D eigenvalue weighted by molar-refractivity contribution is 8.18. The summed E-state index contributed by atoms with van der Waals surface area (Å²) in [5, 5.41) is -0.297. The van der Waals surface area contributed by atoms with Crippen molar-refractivity contribution in [2.75, 3.05) is 7.11 Å². The lowest BCUT2D eigenvalue weighted by atomic mass is 10.1. The number of thioether (sulfide) groups is 1. The smallest absolute Gasteiger partial charge is 0.293 e. The Kier molecular flexibility index (Phi) is 7.19. The first-order chi connectivity index (χ1) is 16.4. The van der Waals surface area contributed by atoms with E-state index in [1.807, 2.05) is 0 Å². The van der Waals surface area contributed by atoms with Gasteiger partial charge in [-0.1, -0.05) is 48.0 Å². The van der Waals surface area contributed by atoms with Gasteiger partial charge in [0.15, 0.2) is 11.5 Å². The van der Waals surface area contributed by atoms with Gasteiger partial charge in [-0.25, -0.2) is 8.78 Å². The van der Waals surface area contributed by atoms with Crippen LogP contribution in [0.15, 0.2) is 65.6 Å². The molecule has 0 bridgehead atoms. The number of carbonyl (C=O) groups excluding carboxylic acids is 2. The number of methoxy groups -OCH3 is 1. The molecule has 174 valence electrons. The number of rotatable bonds is 7. The van der Waals surface area contributed by atoms with Gasteiger partial charge in [0.05, 0.1) is 23.6 Å². The fourth-order valence-corrected chi connectivity index (χ4v) is 4.40. The minimum absolute atomic E-state index is 0.142. The van der Waals surface area contributed by atoms with Gasteiger partial charge in [-0.05, 0) is 42.1 Å². The Morgan fingerprint density at radius 1 is 1.00 bits per heavy atom. The van der Waals surface area contributed by atoms with Crippen LogP contribution >= 0.6 is 23.4 Å². The number of amides is 2. The van der Waals surface area contributed by atoms with Crippen LogP contribution in [0.25, 0.3) is 6.08 Å². The van der Waals surface area contributed by atoms with Gasteiger partial charge in [-0.15, -0.1) is 0 Å². The summed E-state index contributed by atoms with van der Waals surface area (Å²) in [7, 11) is 1.45. The van der Waals surface area contributed by atoms with E-state index in [1.165, 1.54) is 43.5 Å². The van der Waals surface area contributed by atoms with Crippen molar-refractivity contribution >= 4 is 40.6 Å². The second kappa shape index (κ2) is 10.3. The molecule has 0 aliphatic carbocycles. The third-order valence-corrected chi connectivity index (χ3v) is 6.36. The van der Waals surface area contributed by atoms with Crippen LogP contribution in [0, 0.1) is 11.6 Å². The van der Waals surface area contributed by atoms with Crippen molar-refractivity contribution < 1.29 is 27.8 Å². The molecule has 2 amide bonds. The third-order valence-electron chi connectivity index (χ3n) is 5.10. The van der Waals surface area contributed by atoms with Crippen molar-refractivity contribution in [3.8, 4) is 11.5 Å². The number of imide groups is 1. The van der Waals surface area contributed by atoms with Gasteiger partial charge in [0, 0.05) is 16.7 Å². The van der Waals surface area contributed by atoms with Crippen LogP contribution in [0.5, 0.6) is 11.5 Å². The molecule has 3 aromatic rings. The molecule has 1 saturated heterocycles. The molecular formula is C25H18ClF2NO4S. The molecule has 1 aliphatic heterocycles. The summed E-state index contributed by atoms with van der Waals surface area (Å²) in [6.07, 6.45) is 1.49. The molecule has 0 atom stereocenters. The zero-order chi connectivity index (χ0) is 24.2. The van der Waals surface area contributed by atoms with Crippen LogP contribution in [-0.2, 0) is 17.9 Å². The summed E-state index contributed by atoms with van der Waals surface area (Å²) in [6.45, 7) is -0.358. The molecule has 9 heteroatoms. The van der Waals surface area contributed by atoms with Crippen LogP contribution < -0.4 is 9.47 Å². The maximum absolute atomic E-state index is 14.2. The topological polar surface area (TPSA) is 55.8 Å². The van der Waals surface area contributed by atoms with Crippen LogP contribution in [0.3, 0.4) is 0 Å². The maximum atomic E-state index is 14.2. The maximum Gasteiger partial charge on any atom is 0.293 e. The minimum Gasteiger partial charge on any atom is -0.493 e. The number of nitrogens with zero attached hydrogens (tertiary/aromatic N) is 1. The normalized spacial score (nSPS) is 14.7. The Hall–Kier alpha value is -3.36. The van der Waals surface area contributed by atoms with E-state index in [0.717, 1.165) is 16.7 Å². The summed E-state index contributed by atoms with van der Waals surface area (Å²) in [6, 6.07) is 15.3. The highest BCUT2D eigenvalue weighted by Crippen LogP contribution is 2.38. The third kappa shape index (κ3) is 4.93. The molecule has 0 saturated carbocycles. The van der Waals surface area contributed by atoms with Gasteiger partial charge in [-0.2, -0.15) is 0 Å². The summed E-state index contributed by atoms with van der Waals surface area (Å²) in [5.41, 5.74) is 0.854. The predicted molar refractivity (Wildman–Crippen MR) is 127 cm³/mol. The Morgan fingerprint density at radius 2 is 1.74 bits per heavy atom. The Bertz CT molecular complexity index is 1280. The second-order valence-corrected chi connectivity index (χ2v) is 8.63. The van der Waals surface area contributed by atoms with Crippen molar-refractivity contribution in [3.05, 3.63) is 98.9 Å². The van der Waals surface area contributed by atoms with Crippen molar-refractivity contribution in [2.45, 2.75) is 13.2 Å². The largest absolute Gasteiger partial charge is 0.493 e. The van der Waals surface area contributed by atoms with Gasteiger partial charge in [0.25, 0.3) is 11.1 Å². The SMILES string of the molecule is COc1cccc(/C=C2\SC(=O)N(Cc3ccccc3F)C2=O)c1OCc1c(F)cccc1Cl. The molecule has 1 aliphatic rings. The molecule has 0 N–H and O–H groups in total. The lowest BCUT2D eigenvalue weighted by molar-refractivity contribution is -0.123. The zero-order valence-corrected chi connectivity index (χ0v) is 19.5.